The monoisotopic (exact) mass is 238 g/mol. The zero-order valence-electron chi connectivity index (χ0n) is 10.6. The van der Waals surface area contributed by atoms with Crippen LogP contribution in [0.25, 0.3) is 0 Å². The van der Waals surface area contributed by atoms with Gasteiger partial charge in [-0.25, -0.2) is 0 Å². The first kappa shape index (κ1) is 13.8. The van der Waals surface area contributed by atoms with Crippen LogP contribution in [-0.2, 0) is 6.54 Å². The van der Waals surface area contributed by atoms with Crippen molar-refractivity contribution in [2.45, 2.75) is 52.0 Å². The highest BCUT2D eigenvalue weighted by Crippen LogP contribution is 2.08. The molecule has 1 rings (SSSR count). The number of unbranched alkanes of at least 4 members (excludes halogenated alkanes) is 4. The van der Waals surface area contributed by atoms with E-state index < -0.39 is 0 Å². The summed E-state index contributed by atoms with van der Waals surface area (Å²) in [6.45, 7) is 3.30. The zero-order valence-corrected chi connectivity index (χ0v) is 10.6. The normalized spacial score (nSPS) is 10.7. The fourth-order valence-corrected chi connectivity index (χ4v) is 1.68. The van der Waals surface area contributed by atoms with Crippen molar-refractivity contribution < 1.29 is 4.79 Å². The summed E-state index contributed by atoms with van der Waals surface area (Å²) in [5, 5.41) is 7.71. The second-order valence-electron chi connectivity index (χ2n) is 4.24. The molecule has 0 radical (unpaired) electrons. The maximum atomic E-state index is 11.7. The van der Waals surface area contributed by atoms with Gasteiger partial charge in [0, 0.05) is 13.0 Å². The van der Waals surface area contributed by atoms with Gasteiger partial charge in [-0.05, 0) is 6.42 Å². The van der Waals surface area contributed by atoms with Gasteiger partial charge in [0.2, 0.25) is 0 Å². The molecule has 1 heterocycles. The van der Waals surface area contributed by atoms with E-state index in [-0.39, 0.29) is 5.78 Å². The Labute approximate surface area is 102 Å². The first-order valence-corrected chi connectivity index (χ1v) is 6.41. The molecule has 0 saturated heterocycles. The Hall–Kier alpha value is -1.23. The summed E-state index contributed by atoms with van der Waals surface area (Å²) in [5.74, 6) is 0.0877. The number of nitrogens with zero attached hydrogens (tertiary/aromatic N) is 3. The number of carbonyl (C=O) groups excluding carboxylic acids is 1. The third kappa shape index (κ3) is 5.08. The standard InChI is InChI=1S/C12H22N4O/c1-2-3-4-5-6-7-12(17)11-10-16(9-8-13)15-14-11/h10H,2-9,13H2,1H3. The lowest BCUT2D eigenvalue weighted by Gasteiger charge is -1.98. The maximum Gasteiger partial charge on any atom is 0.184 e. The summed E-state index contributed by atoms with van der Waals surface area (Å²) < 4.78 is 1.62. The molecule has 2 N–H and O–H groups in total. The van der Waals surface area contributed by atoms with E-state index in [1.54, 1.807) is 10.9 Å². The van der Waals surface area contributed by atoms with Gasteiger partial charge in [-0.15, -0.1) is 5.10 Å². The molecule has 0 bridgehead atoms. The average molecular weight is 238 g/mol. The highest BCUT2D eigenvalue weighted by Gasteiger charge is 2.09. The number of ketones is 1. The van der Waals surface area contributed by atoms with Crippen molar-refractivity contribution in [1.82, 2.24) is 15.0 Å². The molecule has 0 unspecified atom stereocenters. The molecule has 0 aliphatic carbocycles. The molecular weight excluding hydrogens is 216 g/mol. The van der Waals surface area contributed by atoms with Gasteiger partial charge in [-0.1, -0.05) is 37.8 Å². The number of carbonyl (C=O) groups is 1. The molecule has 0 aliphatic heterocycles. The van der Waals surface area contributed by atoms with E-state index in [9.17, 15) is 4.79 Å². The molecule has 1 aromatic heterocycles. The Morgan fingerprint density at radius 3 is 2.82 bits per heavy atom. The largest absolute Gasteiger partial charge is 0.329 e. The quantitative estimate of drug-likeness (QED) is 0.525. The number of aromatic nitrogens is 3. The van der Waals surface area contributed by atoms with Crippen LogP contribution in [0, 0.1) is 0 Å². The highest BCUT2D eigenvalue weighted by molar-refractivity contribution is 5.93. The van der Waals surface area contributed by atoms with Crippen LogP contribution in [-0.4, -0.2) is 27.3 Å². The summed E-state index contributed by atoms with van der Waals surface area (Å²) in [5.41, 5.74) is 5.87. The van der Waals surface area contributed by atoms with Gasteiger partial charge in [0.05, 0.1) is 12.7 Å². The second kappa shape index (κ2) is 7.95. The zero-order chi connectivity index (χ0) is 12.5. The van der Waals surface area contributed by atoms with Gasteiger partial charge in [0.1, 0.15) is 5.69 Å². The van der Waals surface area contributed by atoms with E-state index in [2.05, 4.69) is 17.2 Å². The molecule has 5 nitrogen and oxygen atoms in total. The third-order valence-corrected chi connectivity index (χ3v) is 2.69. The molecule has 17 heavy (non-hydrogen) atoms. The van der Waals surface area contributed by atoms with Crippen LogP contribution in [0.15, 0.2) is 6.20 Å². The number of Topliss-reactive ketones (excluding diaryl/α,β-unsaturated/α-hetero) is 1. The lowest BCUT2D eigenvalue weighted by molar-refractivity contribution is 0.0974. The SMILES string of the molecule is CCCCCCCC(=O)c1cn(CCN)nn1. The van der Waals surface area contributed by atoms with Crippen LogP contribution >= 0.6 is 0 Å². The van der Waals surface area contributed by atoms with E-state index in [0.717, 1.165) is 12.8 Å². The van der Waals surface area contributed by atoms with Gasteiger partial charge in [-0.2, -0.15) is 0 Å². The van der Waals surface area contributed by atoms with Crippen molar-refractivity contribution in [2.75, 3.05) is 6.54 Å². The highest BCUT2D eigenvalue weighted by atomic mass is 16.1. The number of rotatable bonds is 9. The van der Waals surface area contributed by atoms with E-state index >= 15 is 0 Å². The average Bonchev–Trinajstić information content (AvgIpc) is 2.78. The number of hydrogen-bond acceptors (Lipinski definition) is 4. The first-order chi connectivity index (χ1) is 8.27. The summed E-state index contributed by atoms with van der Waals surface area (Å²) in [4.78, 5) is 11.7. The minimum atomic E-state index is 0.0877. The van der Waals surface area contributed by atoms with Crippen LogP contribution in [0.2, 0.25) is 0 Å². The van der Waals surface area contributed by atoms with E-state index in [4.69, 9.17) is 5.73 Å². The van der Waals surface area contributed by atoms with Crippen LogP contribution < -0.4 is 5.73 Å². The molecular formula is C12H22N4O. The van der Waals surface area contributed by atoms with Crippen molar-refractivity contribution in [3.8, 4) is 0 Å². The predicted molar refractivity (Wildman–Crippen MR) is 66.8 cm³/mol. The molecule has 0 atom stereocenters. The Bertz CT molecular complexity index is 335. The Morgan fingerprint density at radius 2 is 2.12 bits per heavy atom. The van der Waals surface area contributed by atoms with Crippen LogP contribution in [0.3, 0.4) is 0 Å². The maximum absolute atomic E-state index is 11.7. The predicted octanol–water partition coefficient (Wildman–Crippen LogP) is 1.78. The lowest BCUT2D eigenvalue weighted by atomic mass is 10.1. The van der Waals surface area contributed by atoms with Gasteiger partial charge < -0.3 is 5.73 Å². The van der Waals surface area contributed by atoms with Crippen molar-refractivity contribution in [3.63, 3.8) is 0 Å². The van der Waals surface area contributed by atoms with E-state index in [1.807, 2.05) is 0 Å². The molecule has 0 aliphatic rings. The van der Waals surface area contributed by atoms with Gasteiger partial charge in [0.15, 0.2) is 5.78 Å². The van der Waals surface area contributed by atoms with Gasteiger partial charge in [0.25, 0.3) is 0 Å². The molecule has 0 saturated carbocycles. The fraction of sp³-hybridized carbons (Fsp3) is 0.750. The van der Waals surface area contributed by atoms with Crippen molar-refractivity contribution in [3.05, 3.63) is 11.9 Å². The summed E-state index contributed by atoms with van der Waals surface area (Å²) >= 11 is 0. The third-order valence-electron chi connectivity index (χ3n) is 2.69. The van der Waals surface area contributed by atoms with Gasteiger partial charge >= 0.3 is 0 Å². The van der Waals surface area contributed by atoms with E-state index in [1.165, 1.54) is 19.3 Å². The first-order valence-electron chi connectivity index (χ1n) is 6.41. The smallest absolute Gasteiger partial charge is 0.184 e. The molecule has 0 spiro atoms. The molecule has 96 valence electrons. The summed E-state index contributed by atoms with van der Waals surface area (Å²) in [7, 11) is 0. The molecule has 5 heteroatoms. The van der Waals surface area contributed by atoms with Crippen LogP contribution in [0.4, 0.5) is 0 Å². The molecule has 0 fully saturated rings. The Balaban J connectivity index is 2.26. The van der Waals surface area contributed by atoms with Crippen molar-refractivity contribution in [2.24, 2.45) is 5.73 Å². The van der Waals surface area contributed by atoms with E-state index in [0.29, 0.717) is 25.2 Å². The van der Waals surface area contributed by atoms with Crippen LogP contribution in [0.5, 0.6) is 0 Å². The van der Waals surface area contributed by atoms with Gasteiger partial charge in [-0.3, -0.25) is 9.48 Å². The fourth-order valence-electron chi connectivity index (χ4n) is 1.68. The summed E-state index contributed by atoms with van der Waals surface area (Å²) in [6, 6.07) is 0. The minimum Gasteiger partial charge on any atom is -0.329 e. The molecule has 1 aromatic rings. The van der Waals surface area contributed by atoms with Crippen molar-refractivity contribution >= 4 is 5.78 Å². The van der Waals surface area contributed by atoms with Crippen LogP contribution in [0.1, 0.15) is 55.9 Å². The Kier molecular flexibility index (Phi) is 6.47. The molecule has 0 aromatic carbocycles. The molecule has 0 amide bonds. The minimum absolute atomic E-state index is 0.0877. The lowest BCUT2D eigenvalue weighted by Crippen LogP contribution is -2.10. The Morgan fingerprint density at radius 1 is 1.35 bits per heavy atom. The second-order valence-corrected chi connectivity index (χ2v) is 4.24. The number of hydrogen-bond donors (Lipinski definition) is 1. The topological polar surface area (TPSA) is 73.8 Å². The summed E-state index contributed by atoms with van der Waals surface area (Å²) in [6.07, 6.45) is 8.01. The number of nitrogens with two attached hydrogens (primary N) is 1. The van der Waals surface area contributed by atoms with Crippen molar-refractivity contribution in [1.29, 1.82) is 0 Å².